The summed E-state index contributed by atoms with van der Waals surface area (Å²) in [6.07, 6.45) is 1.36. The lowest BCUT2D eigenvalue weighted by Gasteiger charge is -2.09. The second kappa shape index (κ2) is 10.2. The standard InChI is InChI=1S/C23H26ClN7O4/c1-4-10-30-21-19(22(33)31(11-5-2)23(30)34)26-20(27-21)16-12-17(28-29(16)3)25-18(32)13-35-15-8-6-14(24)7-9-15/h6-9,12H,4-5,10-11,13H2,1-3H3,(H,26,27)(H,25,28,32). The number of hydrogen-bond donors (Lipinski definition) is 2. The minimum absolute atomic E-state index is 0.210. The summed E-state index contributed by atoms with van der Waals surface area (Å²) < 4.78 is 9.73. The Balaban J connectivity index is 1.60. The highest BCUT2D eigenvalue weighted by atomic mass is 35.5. The van der Waals surface area contributed by atoms with Crippen molar-refractivity contribution in [3.05, 3.63) is 56.2 Å². The van der Waals surface area contributed by atoms with Crippen LogP contribution in [-0.4, -0.2) is 41.4 Å². The fraction of sp³-hybridized carbons (Fsp3) is 0.348. The van der Waals surface area contributed by atoms with Gasteiger partial charge in [-0.05, 0) is 37.1 Å². The molecule has 1 aromatic carbocycles. The molecule has 12 heteroatoms. The maximum Gasteiger partial charge on any atom is 0.332 e. The molecule has 184 valence electrons. The summed E-state index contributed by atoms with van der Waals surface area (Å²) in [4.78, 5) is 45.8. The molecule has 11 nitrogen and oxygen atoms in total. The lowest BCUT2D eigenvalue weighted by Crippen LogP contribution is -2.40. The summed E-state index contributed by atoms with van der Waals surface area (Å²) in [7, 11) is 1.69. The number of aromatic nitrogens is 6. The molecule has 35 heavy (non-hydrogen) atoms. The van der Waals surface area contributed by atoms with E-state index >= 15 is 0 Å². The van der Waals surface area contributed by atoms with Crippen LogP contribution >= 0.6 is 11.6 Å². The number of hydrogen-bond acceptors (Lipinski definition) is 6. The molecule has 4 aromatic rings. The zero-order valence-electron chi connectivity index (χ0n) is 19.7. The number of benzene rings is 1. The first-order valence-electron chi connectivity index (χ1n) is 11.3. The van der Waals surface area contributed by atoms with E-state index in [0.29, 0.717) is 59.7 Å². The first-order valence-corrected chi connectivity index (χ1v) is 11.7. The van der Waals surface area contributed by atoms with Crippen LogP contribution in [0, 0.1) is 0 Å². The van der Waals surface area contributed by atoms with Gasteiger partial charge in [-0.25, -0.2) is 9.78 Å². The molecule has 0 aliphatic carbocycles. The number of aromatic amines is 1. The Labute approximate surface area is 205 Å². The molecule has 3 aromatic heterocycles. The van der Waals surface area contributed by atoms with Crippen molar-refractivity contribution in [3.8, 4) is 17.3 Å². The summed E-state index contributed by atoms with van der Waals surface area (Å²) >= 11 is 5.85. The number of H-pyrrole nitrogens is 1. The fourth-order valence-electron chi connectivity index (χ4n) is 3.74. The number of halogens is 1. The number of rotatable bonds is 9. The molecule has 2 N–H and O–H groups in total. The van der Waals surface area contributed by atoms with Crippen LogP contribution < -0.4 is 21.3 Å². The van der Waals surface area contributed by atoms with Crippen LogP contribution in [0.15, 0.2) is 39.9 Å². The molecule has 1 amide bonds. The van der Waals surface area contributed by atoms with Crippen molar-refractivity contribution in [1.82, 2.24) is 28.9 Å². The Morgan fingerprint density at radius 3 is 2.49 bits per heavy atom. The van der Waals surface area contributed by atoms with E-state index in [-0.39, 0.29) is 17.8 Å². The van der Waals surface area contributed by atoms with E-state index in [1.54, 1.807) is 37.4 Å². The van der Waals surface area contributed by atoms with Crippen LogP contribution in [0.4, 0.5) is 5.82 Å². The maximum absolute atomic E-state index is 13.0. The summed E-state index contributed by atoms with van der Waals surface area (Å²) in [5, 5.41) is 7.56. The van der Waals surface area contributed by atoms with Crippen molar-refractivity contribution in [2.75, 3.05) is 11.9 Å². The number of imidazole rings is 1. The third-order valence-corrected chi connectivity index (χ3v) is 5.58. The largest absolute Gasteiger partial charge is 0.484 e. The van der Waals surface area contributed by atoms with Crippen LogP contribution in [0.2, 0.25) is 5.02 Å². The van der Waals surface area contributed by atoms with E-state index in [1.165, 1.54) is 13.8 Å². The minimum Gasteiger partial charge on any atom is -0.484 e. The average molecular weight is 500 g/mol. The van der Waals surface area contributed by atoms with Crippen molar-refractivity contribution in [2.45, 2.75) is 39.8 Å². The minimum atomic E-state index is -0.409. The Bertz CT molecular complexity index is 1480. The molecule has 3 heterocycles. The molecular formula is C23H26ClN7O4. The average Bonchev–Trinajstić information content (AvgIpc) is 3.42. The highest BCUT2D eigenvalue weighted by molar-refractivity contribution is 6.30. The van der Waals surface area contributed by atoms with Crippen LogP contribution in [0.5, 0.6) is 5.75 Å². The summed E-state index contributed by atoms with van der Waals surface area (Å²) in [5.41, 5.74) is 0.306. The Kier molecular flexibility index (Phi) is 7.06. The van der Waals surface area contributed by atoms with Crippen molar-refractivity contribution >= 4 is 34.5 Å². The van der Waals surface area contributed by atoms with Gasteiger partial charge in [-0.2, -0.15) is 5.10 Å². The molecular weight excluding hydrogens is 474 g/mol. The quantitative estimate of drug-likeness (QED) is 0.364. The normalized spacial score (nSPS) is 11.2. The van der Waals surface area contributed by atoms with E-state index in [4.69, 9.17) is 16.3 Å². The van der Waals surface area contributed by atoms with Gasteiger partial charge in [0.15, 0.2) is 23.9 Å². The number of fused-ring (bicyclic) bond motifs is 1. The monoisotopic (exact) mass is 499 g/mol. The topological polar surface area (TPSA) is 129 Å². The van der Waals surface area contributed by atoms with Gasteiger partial charge < -0.3 is 15.0 Å². The number of aryl methyl sites for hydroxylation is 2. The molecule has 0 fully saturated rings. The van der Waals surface area contributed by atoms with Crippen LogP contribution in [0.3, 0.4) is 0 Å². The third-order valence-electron chi connectivity index (χ3n) is 5.33. The maximum atomic E-state index is 13.0. The number of carbonyl (C=O) groups is 1. The molecule has 0 bridgehead atoms. The van der Waals surface area contributed by atoms with Gasteiger partial charge in [0, 0.05) is 31.2 Å². The Morgan fingerprint density at radius 1 is 1.11 bits per heavy atom. The van der Waals surface area contributed by atoms with Gasteiger partial charge in [0.25, 0.3) is 11.5 Å². The second-order valence-corrected chi connectivity index (χ2v) is 8.44. The van der Waals surface area contributed by atoms with Crippen LogP contribution in [0.1, 0.15) is 26.7 Å². The fourth-order valence-corrected chi connectivity index (χ4v) is 3.87. The van der Waals surface area contributed by atoms with Gasteiger partial charge in [0.05, 0.1) is 0 Å². The smallest absolute Gasteiger partial charge is 0.332 e. The van der Waals surface area contributed by atoms with Gasteiger partial charge in [0.1, 0.15) is 17.0 Å². The Hall–Kier alpha value is -3.86. The van der Waals surface area contributed by atoms with E-state index in [1.807, 2.05) is 13.8 Å². The van der Waals surface area contributed by atoms with Crippen molar-refractivity contribution in [2.24, 2.45) is 7.05 Å². The van der Waals surface area contributed by atoms with Crippen molar-refractivity contribution in [3.63, 3.8) is 0 Å². The van der Waals surface area contributed by atoms with E-state index < -0.39 is 11.5 Å². The van der Waals surface area contributed by atoms with Gasteiger partial charge in [-0.15, -0.1) is 0 Å². The molecule has 0 unspecified atom stereocenters. The van der Waals surface area contributed by atoms with E-state index in [2.05, 4.69) is 20.4 Å². The summed E-state index contributed by atoms with van der Waals surface area (Å²) in [6.45, 7) is 4.41. The molecule has 4 rings (SSSR count). The highest BCUT2D eigenvalue weighted by Gasteiger charge is 2.20. The van der Waals surface area contributed by atoms with Gasteiger partial charge >= 0.3 is 5.69 Å². The molecule has 0 aliphatic heterocycles. The predicted octanol–water partition coefficient (Wildman–Crippen LogP) is 2.78. The lowest BCUT2D eigenvalue weighted by molar-refractivity contribution is -0.118. The van der Waals surface area contributed by atoms with Crippen LogP contribution in [0.25, 0.3) is 22.7 Å². The first-order chi connectivity index (χ1) is 16.8. The number of ether oxygens (including phenoxy) is 1. The zero-order chi connectivity index (χ0) is 25.1. The molecule has 0 aliphatic rings. The molecule has 0 saturated carbocycles. The lowest BCUT2D eigenvalue weighted by atomic mass is 10.3. The van der Waals surface area contributed by atoms with E-state index in [9.17, 15) is 14.4 Å². The number of nitrogens with zero attached hydrogens (tertiary/aromatic N) is 5. The summed E-state index contributed by atoms with van der Waals surface area (Å²) in [5.74, 6) is 0.777. The third kappa shape index (κ3) is 4.99. The van der Waals surface area contributed by atoms with Crippen molar-refractivity contribution in [1.29, 1.82) is 0 Å². The molecule has 0 spiro atoms. The molecule has 0 radical (unpaired) electrons. The highest BCUT2D eigenvalue weighted by Crippen LogP contribution is 2.21. The first kappa shape index (κ1) is 24.3. The van der Waals surface area contributed by atoms with Gasteiger partial charge in [-0.3, -0.25) is 23.4 Å². The molecule has 0 saturated heterocycles. The van der Waals surface area contributed by atoms with E-state index in [0.717, 1.165) is 0 Å². The summed E-state index contributed by atoms with van der Waals surface area (Å²) in [6, 6.07) is 8.31. The predicted molar refractivity (Wildman–Crippen MR) is 133 cm³/mol. The number of amides is 1. The van der Waals surface area contributed by atoms with Crippen LogP contribution in [-0.2, 0) is 24.9 Å². The number of carbonyl (C=O) groups excluding carboxylic acids is 1. The number of nitrogens with one attached hydrogen (secondary N) is 2. The SMILES string of the molecule is CCCn1c(=O)c2[nH]c(-c3cc(NC(=O)COc4ccc(Cl)cc4)nn3C)nc2n(CCC)c1=O. The Morgan fingerprint density at radius 2 is 1.80 bits per heavy atom. The second-order valence-electron chi connectivity index (χ2n) is 8.00. The zero-order valence-corrected chi connectivity index (χ0v) is 20.4. The molecule has 0 atom stereocenters. The van der Waals surface area contributed by atoms with Gasteiger partial charge in [-0.1, -0.05) is 25.4 Å². The van der Waals surface area contributed by atoms with Crippen molar-refractivity contribution < 1.29 is 9.53 Å². The van der Waals surface area contributed by atoms with Gasteiger partial charge in [0.2, 0.25) is 0 Å². The number of anilines is 1.